The van der Waals surface area contributed by atoms with Crippen LogP contribution in [0.1, 0.15) is 25.3 Å². The van der Waals surface area contributed by atoms with Crippen molar-refractivity contribution in [1.29, 1.82) is 0 Å². The summed E-state index contributed by atoms with van der Waals surface area (Å²) >= 11 is 0. The van der Waals surface area contributed by atoms with Gasteiger partial charge in [0.1, 0.15) is 6.04 Å². The van der Waals surface area contributed by atoms with E-state index in [1.807, 2.05) is 30.3 Å². The fourth-order valence-electron chi connectivity index (χ4n) is 2.88. The van der Waals surface area contributed by atoms with Gasteiger partial charge in [-0.3, -0.25) is 9.36 Å². The fraction of sp³-hybridized carbons (Fsp3) is 0.500. The van der Waals surface area contributed by atoms with Gasteiger partial charge < -0.3 is 14.9 Å². The number of carboxylic acids is 1. The Kier molecular flexibility index (Phi) is 6.15. The molecule has 1 saturated heterocycles. The molecule has 3 N–H and O–H groups in total. The Labute approximate surface area is 141 Å². The Morgan fingerprint density at radius 3 is 2.67 bits per heavy atom. The monoisotopic (exact) mass is 354 g/mol. The van der Waals surface area contributed by atoms with Gasteiger partial charge in [-0.2, -0.15) is 0 Å². The lowest BCUT2D eigenvalue weighted by Gasteiger charge is -2.26. The largest absolute Gasteiger partial charge is 0.480 e. The predicted octanol–water partition coefficient (Wildman–Crippen LogP) is 1.47. The van der Waals surface area contributed by atoms with Crippen molar-refractivity contribution in [3.63, 3.8) is 0 Å². The van der Waals surface area contributed by atoms with E-state index in [0.717, 1.165) is 5.56 Å². The third-order valence-electron chi connectivity index (χ3n) is 4.13. The smallest absolute Gasteiger partial charge is 0.326 e. The summed E-state index contributed by atoms with van der Waals surface area (Å²) < 4.78 is 12.3. The number of carboxylic acid groups (broad SMARTS) is 1. The summed E-state index contributed by atoms with van der Waals surface area (Å²) in [4.78, 5) is 34.9. The minimum absolute atomic E-state index is 0.0109. The Balaban J connectivity index is 1.92. The number of carbonyl (C=O) groups excluding carboxylic acids is 1. The van der Waals surface area contributed by atoms with Crippen molar-refractivity contribution < 1.29 is 24.2 Å². The summed E-state index contributed by atoms with van der Waals surface area (Å²) in [5.41, 5.74) is 0.943. The first-order valence-electron chi connectivity index (χ1n) is 7.97. The van der Waals surface area contributed by atoms with Crippen LogP contribution in [0.3, 0.4) is 0 Å². The van der Waals surface area contributed by atoms with Gasteiger partial charge in [-0.25, -0.2) is 9.88 Å². The normalized spacial score (nSPS) is 21.2. The highest BCUT2D eigenvalue weighted by atomic mass is 31.2. The van der Waals surface area contributed by atoms with Gasteiger partial charge in [-0.15, -0.1) is 0 Å². The van der Waals surface area contributed by atoms with Crippen LogP contribution in [0.25, 0.3) is 0 Å². The fourth-order valence-corrected chi connectivity index (χ4v) is 4.29. The summed E-state index contributed by atoms with van der Waals surface area (Å²) in [5, 5.41) is 11.6. The van der Waals surface area contributed by atoms with Crippen LogP contribution >= 0.6 is 7.52 Å². The lowest BCUT2D eigenvalue weighted by Crippen LogP contribution is -2.48. The molecule has 0 radical (unpaired) electrons. The van der Waals surface area contributed by atoms with Crippen LogP contribution in [-0.4, -0.2) is 51.6 Å². The maximum atomic E-state index is 12.4. The predicted molar refractivity (Wildman–Crippen MR) is 89.8 cm³/mol. The first-order chi connectivity index (χ1) is 11.3. The highest BCUT2D eigenvalue weighted by molar-refractivity contribution is 7.55. The molecular weight excluding hydrogens is 331 g/mol. The van der Waals surface area contributed by atoms with Crippen LogP contribution in [0.2, 0.25) is 0 Å². The van der Waals surface area contributed by atoms with Gasteiger partial charge in [0.15, 0.2) is 0 Å². The molecule has 1 amide bonds. The van der Waals surface area contributed by atoms with E-state index in [1.54, 1.807) is 0 Å². The molecule has 24 heavy (non-hydrogen) atoms. The molecule has 8 heteroatoms. The summed E-state index contributed by atoms with van der Waals surface area (Å²) in [5.74, 6) is -1.49. The number of hydrogen-bond donors (Lipinski definition) is 3. The van der Waals surface area contributed by atoms with Gasteiger partial charge in [0.2, 0.25) is 5.91 Å². The summed E-state index contributed by atoms with van der Waals surface area (Å²) in [7, 11) is -3.70. The van der Waals surface area contributed by atoms with Gasteiger partial charge in [0.05, 0.1) is 6.04 Å². The molecule has 1 aliphatic heterocycles. The topological polar surface area (TPSA) is 107 Å². The van der Waals surface area contributed by atoms with Crippen molar-refractivity contribution in [2.24, 2.45) is 0 Å². The van der Waals surface area contributed by atoms with Gasteiger partial charge in [0, 0.05) is 12.7 Å². The number of hydrogen-bond acceptors (Lipinski definition) is 3. The summed E-state index contributed by atoms with van der Waals surface area (Å²) in [6.07, 6.45) is 1.47. The summed E-state index contributed by atoms with van der Waals surface area (Å²) in [6, 6.07) is 7.58. The van der Waals surface area contributed by atoms with Crippen molar-refractivity contribution in [1.82, 2.24) is 9.99 Å². The zero-order valence-corrected chi connectivity index (χ0v) is 14.5. The van der Waals surface area contributed by atoms with E-state index in [2.05, 4.69) is 5.09 Å². The molecule has 1 aromatic rings. The van der Waals surface area contributed by atoms with Crippen LogP contribution < -0.4 is 5.09 Å². The van der Waals surface area contributed by atoms with E-state index >= 15 is 0 Å². The third kappa shape index (κ3) is 4.90. The van der Waals surface area contributed by atoms with E-state index in [0.29, 0.717) is 25.8 Å². The van der Waals surface area contributed by atoms with Crippen molar-refractivity contribution in [3.05, 3.63) is 35.9 Å². The van der Waals surface area contributed by atoms with Crippen LogP contribution in [0.15, 0.2) is 30.3 Å². The van der Waals surface area contributed by atoms with Gasteiger partial charge in [-0.05, 0) is 31.7 Å². The first kappa shape index (κ1) is 18.6. The second-order valence-electron chi connectivity index (χ2n) is 6.04. The SMILES string of the molecule is C[C@H](NP(=O)(O)CCc1ccccc1)C(=O)N1CCC[C@H]1C(=O)O. The van der Waals surface area contributed by atoms with Gasteiger partial charge >= 0.3 is 5.97 Å². The number of nitrogens with zero attached hydrogens (tertiary/aromatic N) is 1. The number of nitrogens with one attached hydrogen (secondary N) is 1. The number of likely N-dealkylation sites (tertiary alicyclic amines) is 1. The highest BCUT2D eigenvalue weighted by Gasteiger charge is 2.37. The number of aryl methyl sites for hydroxylation is 1. The molecule has 132 valence electrons. The Morgan fingerprint density at radius 1 is 1.38 bits per heavy atom. The number of aliphatic carboxylic acids is 1. The molecule has 7 nitrogen and oxygen atoms in total. The second-order valence-corrected chi connectivity index (χ2v) is 8.15. The van der Waals surface area contributed by atoms with Crippen molar-refractivity contribution >= 4 is 19.4 Å². The lowest BCUT2D eigenvalue weighted by atomic mass is 10.2. The maximum Gasteiger partial charge on any atom is 0.326 e. The average molecular weight is 354 g/mol. The van der Waals surface area contributed by atoms with Gasteiger partial charge in [-0.1, -0.05) is 30.3 Å². The van der Waals surface area contributed by atoms with Crippen LogP contribution in [0.5, 0.6) is 0 Å². The van der Waals surface area contributed by atoms with E-state index in [1.165, 1.54) is 11.8 Å². The molecule has 0 aromatic heterocycles. The third-order valence-corrected chi connectivity index (χ3v) is 5.75. The lowest BCUT2D eigenvalue weighted by molar-refractivity contribution is -0.148. The van der Waals surface area contributed by atoms with E-state index < -0.39 is 31.5 Å². The van der Waals surface area contributed by atoms with E-state index in [-0.39, 0.29) is 6.16 Å². The Hall–Kier alpha value is -1.69. The number of benzene rings is 1. The zero-order valence-electron chi connectivity index (χ0n) is 13.6. The minimum atomic E-state index is -3.70. The second kappa shape index (κ2) is 7.92. The molecule has 1 fully saturated rings. The average Bonchev–Trinajstić information content (AvgIpc) is 3.02. The molecule has 1 unspecified atom stereocenters. The van der Waals surface area contributed by atoms with E-state index in [4.69, 9.17) is 5.11 Å². The molecule has 0 saturated carbocycles. The number of rotatable bonds is 7. The van der Waals surface area contributed by atoms with Crippen molar-refractivity contribution in [3.8, 4) is 0 Å². The zero-order chi connectivity index (χ0) is 17.7. The first-order valence-corrected chi connectivity index (χ1v) is 9.81. The van der Waals surface area contributed by atoms with Crippen LogP contribution in [0, 0.1) is 0 Å². The minimum Gasteiger partial charge on any atom is -0.480 e. The summed E-state index contributed by atoms with van der Waals surface area (Å²) in [6.45, 7) is 1.85. The van der Waals surface area contributed by atoms with Gasteiger partial charge in [0.25, 0.3) is 7.52 Å². The molecule has 1 aliphatic rings. The number of amides is 1. The van der Waals surface area contributed by atoms with Crippen LogP contribution in [-0.2, 0) is 20.6 Å². The molecule has 0 bridgehead atoms. The quantitative estimate of drug-likeness (QED) is 0.640. The number of carbonyl (C=O) groups is 2. The molecule has 1 heterocycles. The standard InChI is InChI=1S/C16H23N2O5P/c1-12(15(19)18-10-5-8-14(18)16(20)21)17-24(22,23)11-9-13-6-3-2-4-7-13/h2-4,6-7,12,14H,5,8-11H2,1H3,(H,20,21)(H2,17,22,23)/t12-,14-/m0/s1. The van der Waals surface area contributed by atoms with Crippen molar-refractivity contribution in [2.75, 3.05) is 12.7 Å². The van der Waals surface area contributed by atoms with Crippen molar-refractivity contribution in [2.45, 2.75) is 38.3 Å². The molecule has 1 aromatic carbocycles. The van der Waals surface area contributed by atoms with Crippen LogP contribution in [0.4, 0.5) is 0 Å². The Bertz CT molecular complexity index is 637. The molecule has 2 rings (SSSR count). The molecule has 3 atom stereocenters. The Morgan fingerprint density at radius 2 is 2.04 bits per heavy atom. The highest BCUT2D eigenvalue weighted by Crippen LogP contribution is 2.37. The maximum absolute atomic E-state index is 12.4. The molecule has 0 spiro atoms. The molecular formula is C16H23N2O5P. The van der Waals surface area contributed by atoms with E-state index in [9.17, 15) is 19.0 Å². The molecule has 0 aliphatic carbocycles.